The van der Waals surface area contributed by atoms with Gasteiger partial charge < -0.3 is 15.5 Å². The van der Waals surface area contributed by atoms with Crippen LogP contribution >= 0.6 is 0 Å². The van der Waals surface area contributed by atoms with E-state index in [1.807, 2.05) is 58.9 Å². The van der Waals surface area contributed by atoms with Crippen molar-refractivity contribution in [3.8, 4) is 0 Å². The van der Waals surface area contributed by atoms with Crippen molar-refractivity contribution in [1.29, 1.82) is 0 Å². The number of hydrogen-bond acceptors (Lipinski definition) is 3. The molecule has 1 unspecified atom stereocenters. The molecule has 2 N–H and O–H groups in total. The lowest BCUT2D eigenvalue weighted by Crippen LogP contribution is -2.50. The summed E-state index contributed by atoms with van der Waals surface area (Å²) < 4.78 is 0. The van der Waals surface area contributed by atoms with Gasteiger partial charge in [-0.25, -0.2) is 0 Å². The van der Waals surface area contributed by atoms with Crippen LogP contribution in [0.4, 0.5) is 5.69 Å². The number of nitrogens with zero attached hydrogens (tertiary/aromatic N) is 1. The number of nitrogens with one attached hydrogen (secondary N) is 2. The van der Waals surface area contributed by atoms with Gasteiger partial charge in [0.15, 0.2) is 0 Å². The monoisotopic (exact) mass is 449 g/mol. The van der Waals surface area contributed by atoms with Gasteiger partial charge in [-0.05, 0) is 61.6 Å². The summed E-state index contributed by atoms with van der Waals surface area (Å²) in [6, 6.07) is 14.2. The fourth-order valence-electron chi connectivity index (χ4n) is 3.88. The first-order valence-electron chi connectivity index (χ1n) is 11.7. The van der Waals surface area contributed by atoms with E-state index < -0.39 is 6.04 Å². The van der Waals surface area contributed by atoms with Gasteiger partial charge in [-0.3, -0.25) is 14.4 Å². The van der Waals surface area contributed by atoms with Crippen LogP contribution in [0.5, 0.6) is 0 Å². The van der Waals surface area contributed by atoms with Crippen molar-refractivity contribution >= 4 is 23.4 Å². The van der Waals surface area contributed by atoms with Gasteiger partial charge in [0, 0.05) is 36.2 Å². The van der Waals surface area contributed by atoms with Crippen LogP contribution in [0.3, 0.4) is 0 Å². The predicted molar refractivity (Wildman–Crippen MR) is 131 cm³/mol. The summed E-state index contributed by atoms with van der Waals surface area (Å²) in [5.74, 6) is -0.153. The van der Waals surface area contributed by atoms with Crippen LogP contribution in [0.1, 0.15) is 68.9 Å². The van der Waals surface area contributed by atoms with E-state index in [1.54, 1.807) is 29.2 Å². The zero-order valence-corrected chi connectivity index (χ0v) is 20.3. The maximum atomic E-state index is 13.2. The second-order valence-electron chi connectivity index (χ2n) is 9.87. The van der Waals surface area contributed by atoms with Crippen molar-refractivity contribution in [2.24, 2.45) is 5.92 Å². The van der Waals surface area contributed by atoms with E-state index in [0.717, 1.165) is 17.5 Å². The second-order valence-corrected chi connectivity index (χ2v) is 9.87. The number of fused-ring (bicyclic) bond motifs is 1. The van der Waals surface area contributed by atoms with Crippen LogP contribution in [-0.2, 0) is 22.6 Å². The van der Waals surface area contributed by atoms with Crippen LogP contribution in [0.25, 0.3) is 0 Å². The van der Waals surface area contributed by atoms with Gasteiger partial charge >= 0.3 is 0 Å². The molecule has 1 atom stereocenters. The minimum Gasteiger partial charge on any atom is -0.347 e. The van der Waals surface area contributed by atoms with Gasteiger partial charge in [-0.2, -0.15) is 0 Å². The van der Waals surface area contributed by atoms with Gasteiger partial charge in [-0.1, -0.05) is 45.0 Å². The molecule has 6 nitrogen and oxygen atoms in total. The van der Waals surface area contributed by atoms with E-state index >= 15 is 0 Å². The third-order valence-corrected chi connectivity index (χ3v) is 6.20. The lowest BCUT2D eigenvalue weighted by Gasteiger charge is -2.36. The molecule has 3 amide bonds. The van der Waals surface area contributed by atoms with E-state index in [4.69, 9.17) is 0 Å². The number of anilines is 1. The molecule has 176 valence electrons. The first kappa shape index (κ1) is 24.5. The molecule has 33 heavy (non-hydrogen) atoms. The van der Waals surface area contributed by atoms with Crippen LogP contribution in [0, 0.1) is 5.92 Å². The highest BCUT2D eigenvalue weighted by molar-refractivity contribution is 5.99. The first-order chi connectivity index (χ1) is 15.6. The van der Waals surface area contributed by atoms with Crippen molar-refractivity contribution in [1.82, 2.24) is 10.2 Å². The maximum absolute atomic E-state index is 13.2. The van der Waals surface area contributed by atoms with Crippen molar-refractivity contribution in [3.05, 3.63) is 65.2 Å². The van der Waals surface area contributed by atoms with Crippen LogP contribution in [0.15, 0.2) is 48.5 Å². The number of carbonyl (C=O) groups is 3. The Bertz CT molecular complexity index is 1010. The normalized spacial score (nSPS) is 15.7. The number of carbonyl (C=O) groups excluding carboxylic acids is 3. The molecule has 2 aromatic rings. The molecule has 0 radical (unpaired) electrons. The second kappa shape index (κ2) is 10.2. The van der Waals surface area contributed by atoms with E-state index in [1.165, 1.54) is 0 Å². The molecule has 0 aliphatic carbocycles. The quantitative estimate of drug-likeness (QED) is 0.651. The summed E-state index contributed by atoms with van der Waals surface area (Å²) in [4.78, 5) is 40.4. The summed E-state index contributed by atoms with van der Waals surface area (Å²) in [6.45, 7) is 10.4. The Morgan fingerprint density at radius 1 is 1.03 bits per heavy atom. The fourth-order valence-corrected chi connectivity index (χ4v) is 3.88. The van der Waals surface area contributed by atoms with Gasteiger partial charge in [-0.15, -0.1) is 0 Å². The third kappa shape index (κ3) is 6.21. The molecule has 1 aliphatic rings. The average Bonchev–Trinajstić information content (AvgIpc) is 2.77. The molecule has 0 saturated heterocycles. The van der Waals surface area contributed by atoms with Gasteiger partial charge in [0.05, 0.1) is 0 Å². The standard InChI is InChI=1S/C27H35N3O3/c1-6-27(4,5)29-25(32)19-11-13-22(14-12-19)28-26(33)23-16-20-9-7-8-10-21(20)17-30(23)24(31)15-18(2)3/h7-14,18,23H,6,15-17H2,1-5H3,(H,28,33)(H,29,32). The highest BCUT2D eigenvalue weighted by Gasteiger charge is 2.34. The van der Waals surface area contributed by atoms with Crippen molar-refractivity contribution in [3.63, 3.8) is 0 Å². The Morgan fingerprint density at radius 2 is 1.67 bits per heavy atom. The lowest BCUT2D eigenvalue weighted by molar-refractivity contribution is -0.140. The highest BCUT2D eigenvalue weighted by atomic mass is 16.2. The smallest absolute Gasteiger partial charge is 0.251 e. The average molecular weight is 450 g/mol. The van der Waals surface area contributed by atoms with Crippen LogP contribution in [0.2, 0.25) is 0 Å². The lowest BCUT2D eigenvalue weighted by atomic mass is 9.92. The van der Waals surface area contributed by atoms with E-state index in [0.29, 0.717) is 30.6 Å². The number of benzene rings is 2. The van der Waals surface area contributed by atoms with E-state index in [9.17, 15) is 14.4 Å². The SMILES string of the molecule is CCC(C)(C)NC(=O)c1ccc(NC(=O)C2Cc3ccccc3CN2C(=O)CC(C)C)cc1. The van der Waals surface area contributed by atoms with Crippen molar-refractivity contribution in [2.45, 2.75) is 72.0 Å². The molecule has 0 fully saturated rings. The molecule has 0 aromatic heterocycles. The first-order valence-corrected chi connectivity index (χ1v) is 11.7. The maximum Gasteiger partial charge on any atom is 0.251 e. The zero-order chi connectivity index (χ0) is 24.2. The molecular weight excluding hydrogens is 414 g/mol. The number of hydrogen-bond donors (Lipinski definition) is 2. The Hall–Kier alpha value is -3.15. The Labute approximate surface area is 196 Å². The molecular formula is C27H35N3O3. The van der Waals surface area contributed by atoms with Crippen molar-refractivity contribution in [2.75, 3.05) is 5.32 Å². The van der Waals surface area contributed by atoms with E-state index in [2.05, 4.69) is 10.6 Å². The summed E-state index contributed by atoms with van der Waals surface area (Å²) >= 11 is 0. The molecule has 0 bridgehead atoms. The number of amides is 3. The highest BCUT2D eigenvalue weighted by Crippen LogP contribution is 2.26. The van der Waals surface area contributed by atoms with Gasteiger partial charge in [0.1, 0.15) is 6.04 Å². The third-order valence-electron chi connectivity index (χ3n) is 6.20. The summed E-state index contributed by atoms with van der Waals surface area (Å²) in [5.41, 5.74) is 3.03. The summed E-state index contributed by atoms with van der Waals surface area (Å²) in [7, 11) is 0. The van der Waals surface area contributed by atoms with Gasteiger partial charge in [0.25, 0.3) is 5.91 Å². The summed E-state index contributed by atoms with van der Waals surface area (Å²) in [6.07, 6.45) is 1.71. The molecule has 1 aliphatic heterocycles. The van der Waals surface area contributed by atoms with Crippen molar-refractivity contribution < 1.29 is 14.4 Å². The molecule has 0 saturated carbocycles. The fraction of sp³-hybridized carbons (Fsp3) is 0.444. The Kier molecular flexibility index (Phi) is 7.57. The van der Waals surface area contributed by atoms with E-state index in [-0.39, 0.29) is 29.2 Å². The molecule has 0 spiro atoms. The zero-order valence-electron chi connectivity index (χ0n) is 20.3. The van der Waals surface area contributed by atoms with Gasteiger partial charge in [0.2, 0.25) is 11.8 Å². The molecule has 3 rings (SSSR count). The largest absolute Gasteiger partial charge is 0.347 e. The van der Waals surface area contributed by atoms with Crippen LogP contribution in [-0.4, -0.2) is 34.2 Å². The molecule has 1 heterocycles. The predicted octanol–water partition coefficient (Wildman–Crippen LogP) is 4.54. The summed E-state index contributed by atoms with van der Waals surface area (Å²) in [5, 5.41) is 5.95. The minimum atomic E-state index is -0.570. The minimum absolute atomic E-state index is 0.00906. The Morgan fingerprint density at radius 3 is 2.27 bits per heavy atom. The topological polar surface area (TPSA) is 78.5 Å². The molecule has 2 aromatic carbocycles. The molecule has 6 heteroatoms. The van der Waals surface area contributed by atoms with Crippen LogP contribution < -0.4 is 10.6 Å². The number of rotatable bonds is 7. The Balaban J connectivity index is 1.74.